The van der Waals surface area contributed by atoms with Crippen LogP contribution < -0.4 is 0 Å². The van der Waals surface area contributed by atoms with Crippen molar-refractivity contribution in [3.8, 4) is 0 Å². The molecule has 0 heterocycles. The van der Waals surface area contributed by atoms with E-state index in [0.29, 0.717) is 19.3 Å². The first-order valence-electron chi connectivity index (χ1n) is 25.8. The number of allylic oxidation sites excluding steroid dienone is 10. The third-order valence-corrected chi connectivity index (χ3v) is 11.0. The van der Waals surface area contributed by atoms with Crippen molar-refractivity contribution >= 4 is 17.9 Å². The second-order valence-corrected chi connectivity index (χ2v) is 17.1. The highest BCUT2D eigenvalue weighted by Crippen LogP contribution is 2.15. The molecule has 0 rings (SSSR count). The highest BCUT2D eigenvalue weighted by atomic mass is 16.6. The number of carbonyl (C=O) groups is 3. The van der Waals surface area contributed by atoms with Crippen LogP contribution in [0.5, 0.6) is 0 Å². The zero-order valence-electron chi connectivity index (χ0n) is 40.2. The van der Waals surface area contributed by atoms with Crippen LogP contribution in [0.4, 0.5) is 0 Å². The number of unbranched alkanes of at least 4 members (excludes halogenated alkanes) is 25. The summed E-state index contributed by atoms with van der Waals surface area (Å²) in [4.78, 5) is 37.9. The van der Waals surface area contributed by atoms with Crippen LogP contribution in [0.1, 0.15) is 252 Å². The van der Waals surface area contributed by atoms with Gasteiger partial charge in [0.05, 0.1) is 0 Å². The first-order valence-corrected chi connectivity index (χ1v) is 25.8. The molecule has 0 N–H and O–H groups in total. The molecular formula is C55H96O6. The van der Waals surface area contributed by atoms with E-state index in [2.05, 4.69) is 81.5 Å². The van der Waals surface area contributed by atoms with Crippen molar-refractivity contribution in [1.82, 2.24) is 0 Å². The molecule has 0 aromatic heterocycles. The summed E-state index contributed by atoms with van der Waals surface area (Å²) in [6.45, 7) is 6.49. The smallest absolute Gasteiger partial charge is 0.306 e. The van der Waals surface area contributed by atoms with Gasteiger partial charge < -0.3 is 14.2 Å². The molecule has 0 aliphatic carbocycles. The maximum atomic E-state index is 12.8. The molecule has 0 bridgehead atoms. The van der Waals surface area contributed by atoms with Crippen molar-refractivity contribution < 1.29 is 28.6 Å². The van der Waals surface area contributed by atoms with Crippen LogP contribution in [0.3, 0.4) is 0 Å². The predicted octanol–water partition coefficient (Wildman–Crippen LogP) is 16.9. The molecule has 0 saturated carbocycles. The van der Waals surface area contributed by atoms with Crippen molar-refractivity contribution in [1.29, 1.82) is 0 Å². The third-order valence-electron chi connectivity index (χ3n) is 11.0. The molecule has 0 radical (unpaired) electrons. The summed E-state index contributed by atoms with van der Waals surface area (Å²) < 4.78 is 16.7. The Morgan fingerprint density at radius 2 is 0.639 bits per heavy atom. The number of rotatable bonds is 46. The van der Waals surface area contributed by atoms with Gasteiger partial charge in [-0.25, -0.2) is 0 Å². The zero-order chi connectivity index (χ0) is 44.4. The predicted molar refractivity (Wildman–Crippen MR) is 261 cm³/mol. The Morgan fingerprint density at radius 1 is 0.344 bits per heavy atom. The second-order valence-electron chi connectivity index (χ2n) is 17.1. The lowest BCUT2D eigenvalue weighted by molar-refractivity contribution is -0.167. The molecule has 0 fully saturated rings. The van der Waals surface area contributed by atoms with E-state index >= 15 is 0 Å². The van der Waals surface area contributed by atoms with E-state index in [4.69, 9.17) is 14.2 Å². The van der Waals surface area contributed by atoms with E-state index in [1.807, 2.05) is 0 Å². The molecular weight excluding hydrogens is 757 g/mol. The first-order chi connectivity index (χ1) is 30.0. The van der Waals surface area contributed by atoms with Crippen LogP contribution in [0, 0.1) is 0 Å². The standard InChI is InChI=1S/C55H96O6/c1-4-7-10-13-16-19-22-25-26-27-28-31-34-37-40-43-46-49-55(58)61-52(50-59-53(56)47-44-41-38-35-32-29-23-20-17-14-11-8-5-2)51-60-54(57)48-45-42-39-36-33-30-24-21-18-15-12-9-6-3/h7,10,16,19,25-26,28,31,37,40,52H,4-6,8-9,11-15,17-18,20-24,27,29-30,32-36,38-39,41-51H2,1-3H3/b10-7+,19-16+,26-25+,31-28+,40-37+. The van der Waals surface area contributed by atoms with Crippen molar-refractivity contribution in [2.75, 3.05) is 13.2 Å². The van der Waals surface area contributed by atoms with Crippen LogP contribution in [-0.4, -0.2) is 37.2 Å². The second kappa shape index (κ2) is 49.8. The van der Waals surface area contributed by atoms with E-state index in [1.165, 1.54) is 128 Å². The molecule has 0 aromatic carbocycles. The summed E-state index contributed by atoms with van der Waals surface area (Å²) in [7, 11) is 0. The summed E-state index contributed by atoms with van der Waals surface area (Å²) in [6, 6.07) is 0. The van der Waals surface area contributed by atoms with Gasteiger partial charge in [0.25, 0.3) is 0 Å². The molecule has 0 aliphatic heterocycles. The average Bonchev–Trinajstić information content (AvgIpc) is 3.26. The van der Waals surface area contributed by atoms with E-state index in [0.717, 1.165) is 77.0 Å². The normalized spacial score (nSPS) is 12.1. The number of carbonyl (C=O) groups excluding carboxylic acids is 3. The Balaban J connectivity index is 4.46. The molecule has 352 valence electrons. The maximum absolute atomic E-state index is 12.8. The summed E-state index contributed by atoms with van der Waals surface area (Å²) >= 11 is 0. The molecule has 6 heteroatoms. The van der Waals surface area contributed by atoms with Gasteiger partial charge in [0.1, 0.15) is 13.2 Å². The Morgan fingerprint density at radius 3 is 0.984 bits per heavy atom. The summed E-state index contributed by atoms with van der Waals surface area (Å²) in [5.41, 5.74) is 0. The number of hydrogen-bond donors (Lipinski definition) is 0. The fourth-order valence-corrected chi connectivity index (χ4v) is 7.18. The molecule has 6 nitrogen and oxygen atoms in total. The number of hydrogen-bond acceptors (Lipinski definition) is 6. The van der Waals surface area contributed by atoms with Gasteiger partial charge in [0.15, 0.2) is 6.10 Å². The SMILES string of the molecule is CC/C=C/C/C=C/C/C=C/C/C=C/C/C=C/CCCC(=O)OC(COC(=O)CCCCCCCCCCCCCCC)COC(=O)CCCCCCCCCCCCCCC. The van der Waals surface area contributed by atoms with E-state index in [-0.39, 0.29) is 37.5 Å². The van der Waals surface area contributed by atoms with E-state index < -0.39 is 6.10 Å². The highest BCUT2D eigenvalue weighted by Gasteiger charge is 2.19. The Bertz CT molecular complexity index is 1070. The molecule has 61 heavy (non-hydrogen) atoms. The number of esters is 3. The fourth-order valence-electron chi connectivity index (χ4n) is 7.18. The van der Waals surface area contributed by atoms with Crippen molar-refractivity contribution in [2.45, 2.75) is 258 Å². The van der Waals surface area contributed by atoms with Gasteiger partial charge in [-0.2, -0.15) is 0 Å². The van der Waals surface area contributed by atoms with Gasteiger partial charge >= 0.3 is 17.9 Å². The van der Waals surface area contributed by atoms with Gasteiger partial charge in [0, 0.05) is 19.3 Å². The molecule has 0 amide bonds. The quantitative estimate of drug-likeness (QED) is 0.0263. The zero-order valence-corrected chi connectivity index (χ0v) is 40.2. The summed E-state index contributed by atoms with van der Waals surface area (Å²) in [6.07, 6.45) is 60.6. The van der Waals surface area contributed by atoms with Crippen LogP contribution in [0.15, 0.2) is 60.8 Å². The molecule has 0 saturated heterocycles. The lowest BCUT2D eigenvalue weighted by Gasteiger charge is -2.18. The minimum atomic E-state index is -0.799. The topological polar surface area (TPSA) is 78.9 Å². The number of ether oxygens (including phenoxy) is 3. The lowest BCUT2D eigenvalue weighted by atomic mass is 10.0. The van der Waals surface area contributed by atoms with Gasteiger partial charge in [-0.15, -0.1) is 0 Å². The van der Waals surface area contributed by atoms with Gasteiger partial charge in [-0.1, -0.05) is 236 Å². The summed E-state index contributed by atoms with van der Waals surface area (Å²) in [5.74, 6) is -0.945. The van der Waals surface area contributed by atoms with E-state index in [1.54, 1.807) is 0 Å². The Hall–Kier alpha value is -2.89. The van der Waals surface area contributed by atoms with Gasteiger partial charge in [-0.3, -0.25) is 14.4 Å². The monoisotopic (exact) mass is 853 g/mol. The minimum absolute atomic E-state index is 0.0934. The summed E-state index contributed by atoms with van der Waals surface area (Å²) in [5, 5.41) is 0. The van der Waals surface area contributed by atoms with Crippen LogP contribution in [0.2, 0.25) is 0 Å². The van der Waals surface area contributed by atoms with Crippen molar-refractivity contribution in [3.63, 3.8) is 0 Å². The molecule has 0 spiro atoms. The van der Waals surface area contributed by atoms with Gasteiger partial charge in [0.2, 0.25) is 0 Å². The molecule has 0 aliphatic rings. The van der Waals surface area contributed by atoms with Gasteiger partial charge in [-0.05, 0) is 57.8 Å². The maximum Gasteiger partial charge on any atom is 0.306 e. The minimum Gasteiger partial charge on any atom is -0.462 e. The van der Waals surface area contributed by atoms with Crippen LogP contribution >= 0.6 is 0 Å². The highest BCUT2D eigenvalue weighted by molar-refractivity contribution is 5.71. The lowest BCUT2D eigenvalue weighted by Crippen LogP contribution is -2.30. The van der Waals surface area contributed by atoms with Crippen LogP contribution in [0.25, 0.3) is 0 Å². The molecule has 0 unspecified atom stereocenters. The molecule has 0 atom stereocenters. The fraction of sp³-hybridized carbons (Fsp3) is 0.764. The van der Waals surface area contributed by atoms with Crippen molar-refractivity contribution in [2.24, 2.45) is 0 Å². The Labute approximate surface area is 377 Å². The van der Waals surface area contributed by atoms with Crippen molar-refractivity contribution in [3.05, 3.63) is 60.8 Å². The van der Waals surface area contributed by atoms with Crippen LogP contribution in [-0.2, 0) is 28.6 Å². The average molecular weight is 853 g/mol. The third kappa shape index (κ3) is 48.0. The van der Waals surface area contributed by atoms with E-state index in [9.17, 15) is 14.4 Å². The largest absolute Gasteiger partial charge is 0.462 e. The molecule has 0 aromatic rings. The Kier molecular flexibility index (Phi) is 47.4. The first kappa shape index (κ1) is 58.1.